The molecule has 0 heterocycles. The summed E-state index contributed by atoms with van der Waals surface area (Å²) in [5.74, 6) is 0.722. The van der Waals surface area contributed by atoms with Crippen LogP contribution >= 0.6 is 0 Å². The van der Waals surface area contributed by atoms with E-state index in [1.54, 1.807) is 7.05 Å². The zero-order valence-electron chi connectivity index (χ0n) is 12.5. The molecule has 114 valence electrons. The highest BCUT2D eigenvalue weighted by Crippen LogP contribution is 2.37. The van der Waals surface area contributed by atoms with Gasteiger partial charge < -0.3 is 5.73 Å². The van der Waals surface area contributed by atoms with Crippen molar-refractivity contribution in [3.8, 4) is 0 Å². The zero-order valence-corrected chi connectivity index (χ0v) is 13.3. The van der Waals surface area contributed by atoms with E-state index in [1.807, 2.05) is 6.92 Å². The van der Waals surface area contributed by atoms with Crippen LogP contribution in [0.1, 0.15) is 52.4 Å². The number of nitrogens with two attached hydrogens (primary N) is 1. The van der Waals surface area contributed by atoms with E-state index in [2.05, 4.69) is 11.6 Å². The Hall–Kier alpha value is -0.170. The van der Waals surface area contributed by atoms with Crippen molar-refractivity contribution in [2.75, 3.05) is 20.1 Å². The minimum atomic E-state index is -3.41. The van der Waals surface area contributed by atoms with E-state index in [4.69, 9.17) is 5.73 Å². The maximum absolute atomic E-state index is 12.3. The standard InChI is InChI=1S/C13H29N3O2S/c1-4-10-15-19(17,18)16(3)13(11-14)8-6-12(5-2)7-9-13/h12,15H,4-11,14H2,1-3H3. The highest BCUT2D eigenvalue weighted by molar-refractivity contribution is 7.87. The first-order valence-electron chi connectivity index (χ1n) is 7.35. The smallest absolute Gasteiger partial charge is 0.279 e. The van der Waals surface area contributed by atoms with Gasteiger partial charge in [0.25, 0.3) is 10.2 Å². The molecule has 0 amide bonds. The van der Waals surface area contributed by atoms with Crippen molar-refractivity contribution in [3.63, 3.8) is 0 Å². The maximum Gasteiger partial charge on any atom is 0.279 e. The van der Waals surface area contributed by atoms with E-state index >= 15 is 0 Å². The summed E-state index contributed by atoms with van der Waals surface area (Å²) in [7, 11) is -1.75. The highest BCUT2D eigenvalue weighted by atomic mass is 32.2. The molecule has 19 heavy (non-hydrogen) atoms. The molecule has 0 saturated heterocycles. The van der Waals surface area contributed by atoms with Crippen molar-refractivity contribution < 1.29 is 8.42 Å². The normalized spacial score (nSPS) is 28.8. The van der Waals surface area contributed by atoms with Crippen LogP contribution in [0.4, 0.5) is 0 Å². The monoisotopic (exact) mass is 291 g/mol. The second-order valence-electron chi connectivity index (χ2n) is 5.65. The van der Waals surface area contributed by atoms with Crippen molar-refractivity contribution >= 4 is 10.2 Å². The summed E-state index contributed by atoms with van der Waals surface area (Å²) in [5.41, 5.74) is 5.52. The van der Waals surface area contributed by atoms with Gasteiger partial charge in [0.1, 0.15) is 0 Å². The summed E-state index contributed by atoms with van der Waals surface area (Å²) in [6, 6.07) is 0. The van der Waals surface area contributed by atoms with Gasteiger partial charge in [-0.3, -0.25) is 0 Å². The van der Waals surface area contributed by atoms with Gasteiger partial charge in [-0.1, -0.05) is 20.3 Å². The minimum absolute atomic E-state index is 0.396. The molecular weight excluding hydrogens is 262 g/mol. The molecule has 0 aromatic carbocycles. The quantitative estimate of drug-likeness (QED) is 0.745. The van der Waals surface area contributed by atoms with Gasteiger partial charge in [0, 0.05) is 25.7 Å². The van der Waals surface area contributed by atoms with Crippen molar-refractivity contribution in [1.29, 1.82) is 0 Å². The molecule has 6 heteroatoms. The van der Waals surface area contributed by atoms with Crippen LogP contribution < -0.4 is 10.5 Å². The topological polar surface area (TPSA) is 75.4 Å². The van der Waals surface area contributed by atoms with Crippen LogP contribution in [0, 0.1) is 5.92 Å². The Morgan fingerprint density at radius 1 is 1.32 bits per heavy atom. The lowest BCUT2D eigenvalue weighted by molar-refractivity contribution is 0.127. The lowest BCUT2D eigenvalue weighted by Gasteiger charge is -2.44. The van der Waals surface area contributed by atoms with Crippen LogP contribution in [0.2, 0.25) is 0 Å². The SMILES string of the molecule is CCCNS(=O)(=O)N(C)C1(CN)CCC(CC)CC1. The van der Waals surface area contributed by atoms with E-state index in [0.717, 1.165) is 38.0 Å². The molecule has 1 saturated carbocycles. The fourth-order valence-electron chi connectivity index (χ4n) is 2.85. The first kappa shape index (κ1) is 16.9. The van der Waals surface area contributed by atoms with Gasteiger partial charge in [-0.25, -0.2) is 4.72 Å². The number of hydrogen-bond donors (Lipinski definition) is 2. The predicted molar refractivity (Wildman–Crippen MR) is 79.0 cm³/mol. The van der Waals surface area contributed by atoms with Crippen molar-refractivity contribution in [2.45, 2.75) is 57.9 Å². The molecular formula is C13H29N3O2S. The van der Waals surface area contributed by atoms with Gasteiger partial charge in [0.05, 0.1) is 0 Å². The Kier molecular flexibility index (Phi) is 6.23. The van der Waals surface area contributed by atoms with Crippen molar-refractivity contribution in [2.24, 2.45) is 11.7 Å². The van der Waals surface area contributed by atoms with Gasteiger partial charge in [0.2, 0.25) is 0 Å². The number of nitrogens with one attached hydrogen (secondary N) is 1. The van der Waals surface area contributed by atoms with Crippen molar-refractivity contribution in [3.05, 3.63) is 0 Å². The molecule has 0 unspecified atom stereocenters. The number of likely N-dealkylation sites (N-methyl/N-ethyl adjacent to an activating group) is 1. The van der Waals surface area contributed by atoms with Gasteiger partial charge in [-0.15, -0.1) is 0 Å². The summed E-state index contributed by atoms with van der Waals surface area (Å²) in [4.78, 5) is 0. The predicted octanol–water partition coefficient (Wildman–Crippen LogP) is 1.46. The van der Waals surface area contributed by atoms with E-state index in [-0.39, 0.29) is 0 Å². The van der Waals surface area contributed by atoms with E-state index < -0.39 is 15.7 Å². The number of rotatable bonds is 7. The molecule has 0 radical (unpaired) electrons. The molecule has 1 rings (SSSR count). The average molecular weight is 291 g/mol. The summed E-state index contributed by atoms with van der Waals surface area (Å²) in [6.07, 6.45) is 5.84. The second-order valence-corrected chi connectivity index (χ2v) is 7.43. The molecule has 0 aromatic heterocycles. The summed E-state index contributed by atoms with van der Waals surface area (Å²) in [5, 5.41) is 0. The molecule has 1 aliphatic rings. The molecule has 0 bridgehead atoms. The fourth-order valence-corrected chi connectivity index (χ4v) is 4.28. The first-order chi connectivity index (χ1) is 8.91. The van der Waals surface area contributed by atoms with Crippen molar-refractivity contribution in [1.82, 2.24) is 9.03 Å². The average Bonchev–Trinajstić information content (AvgIpc) is 2.44. The maximum atomic E-state index is 12.3. The molecule has 0 atom stereocenters. The van der Waals surface area contributed by atoms with Crippen LogP contribution in [0.5, 0.6) is 0 Å². The van der Waals surface area contributed by atoms with E-state index in [0.29, 0.717) is 13.1 Å². The van der Waals surface area contributed by atoms with Gasteiger partial charge in [-0.05, 0) is 38.0 Å². The third-order valence-corrected chi connectivity index (χ3v) is 6.23. The van der Waals surface area contributed by atoms with Gasteiger partial charge in [0.15, 0.2) is 0 Å². The lowest BCUT2D eigenvalue weighted by atomic mass is 9.75. The Labute approximate surface area is 118 Å². The van der Waals surface area contributed by atoms with Crippen LogP contribution in [0.3, 0.4) is 0 Å². The summed E-state index contributed by atoms with van der Waals surface area (Å²) >= 11 is 0. The molecule has 0 spiro atoms. The summed E-state index contributed by atoms with van der Waals surface area (Å²) in [6.45, 7) is 5.02. The molecule has 1 fully saturated rings. The second kappa shape index (κ2) is 7.02. The minimum Gasteiger partial charge on any atom is -0.329 e. The van der Waals surface area contributed by atoms with E-state index in [1.165, 1.54) is 10.7 Å². The summed E-state index contributed by atoms with van der Waals surface area (Å²) < 4.78 is 28.6. The van der Waals surface area contributed by atoms with Gasteiger partial charge in [-0.2, -0.15) is 12.7 Å². The van der Waals surface area contributed by atoms with Crippen LogP contribution in [-0.2, 0) is 10.2 Å². The molecule has 0 aliphatic heterocycles. The van der Waals surface area contributed by atoms with E-state index in [9.17, 15) is 8.42 Å². The fraction of sp³-hybridized carbons (Fsp3) is 1.00. The Morgan fingerprint density at radius 2 is 1.89 bits per heavy atom. The molecule has 5 nitrogen and oxygen atoms in total. The zero-order chi connectivity index (χ0) is 14.5. The first-order valence-corrected chi connectivity index (χ1v) is 8.79. The molecule has 1 aliphatic carbocycles. The van der Waals surface area contributed by atoms with Gasteiger partial charge >= 0.3 is 0 Å². The van der Waals surface area contributed by atoms with Crippen LogP contribution in [0.25, 0.3) is 0 Å². The highest BCUT2D eigenvalue weighted by Gasteiger charge is 2.42. The third-order valence-electron chi connectivity index (χ3n) is 4.56. The third kappa shape index (κ3) is 3.90. The lowest BCUT2D eigenvalue weighted by Crippen LogP contribution is -2.58. The number of nitrogens with zero attached hydrogens (tertiary/aromatic N) is 1. The Bertz CT molecular complexity index is 362. The number of hydrogen-bond acceptors (Lipinski definition) is 3. The Balaban J connectivity index is 2.79. The largest absolute Gasteiger partial charge is 0.329 e. The van der Waals surface area contributed by atoms with Crippen LogP contribution in [0.15, 0.2) is 0 Å². The Morgan fingerprint density at radius 3 is 2.32 bits per heavy atom. The molecule has 0 aromatic rings. The van der Waals surface area contributed by atoms with Crippen LogP contribution in [-0.4, -0.2) is 38.4 Å². The molecule has 3 N–H and O–H groups in total.